The molecule has 0 aliphatic heterocycles. The molecule has 0 amide bonds. The second kappa shape index (κ2) is 5.30. The Morgan fingerprint density at radius 3 is 2.26 bits per heavy atom. The monoisotopic (exact) mass is 260 g/mol. The van der Waals surface area contributed by atoms with Crippen LogP contribution in [0.2, 0.25) is 0 Å². The van der Waals surface area contributed by atoms with Gasteiger partial charge in [-0.25, -0.2) is 14.0 Å². The van der Waals surface area contributed by atoms with Crippen LogP contribution in [0, 0.1) is 5.82 Å². The summed E-state index contributed by atoms with van der Waals surface area (Å²) < 4.78 is 17.7. The molecule has 19 heavy (non-hydrogen) atoms. The van der Waals surface area contributed by atoms with Gasteiger partial charge in [-0.1, -0.05) is 12.1 Å². The number of halogens is 1. The van der Waals surface area contributed by atoms with Crippen LogP contribution in [0.1, 0.15) is 20.7 Å². The number of aromatic carboxylic acids is 1. The van der Waals surface area contributed by atoms with Gasteiger partial charge in [0.05, 0.1) is 5.56 Å². The highest BCUT2D eigenvalue weighted by molar-refractivity contribution is 5.95. The number of benzene rings is 2. The molecular weight excluding hydrogens is 251 g/mol. The zero-order chi connectivity index (χ0) is 13.8. The molecule has 0 fully saturated rings. The number of hydrogen-bond acceptors (Lipinski definition) is 3. The van der Waals surface area contributed by atoms with Crippen molar-refractivity contribution in [1.82, 2.24) is 0 Å². The first kappa shape index (κ1) is 12.8. The van der Waals surface area contributed by atoms with Crippen molar-refractivity contribution in [2.24, 2.45) is 0 Å². The van der Waals surface area contributed by atoms with E-state index in [2.05, 4.69) is 0 Å². The van der Waals surface area contributed by atoms with E-state index in [4.69, 9.17) is 9.84 Å². The van der Waals surface area contributed by atoms with Crippen molar-refractivity contribution < 1.29 is 23.8 Å². The van der Waals surface area contributed by atoms with Crippen molar-refractivity contribution in [1.29, 1.82) is 0 Å². The molecule has 2 rings (SSSR count). The van der Waals surface area contributed by atoms with Gasteiger partial charge < -0.3 is 9.84 Å². The lowest BCUT2D eigenvalue weighted by atomic mass is 10.2. The highest BCUT2D eigenvalue weighted by Gasteiger charge is 2.15. The topological polar surface area (TPSA) is 63.6 Å². The molecule has 2 aromatic carbocycles. The average molecular weight is 260 g/mol. The first-order valence-corrected chi connectivity index (χ1v) is 5.38. The van der Waals surface area contributed by atoms with E-state index in [1.807, 2.05) is 0 Å². The fourth-order valence-electron chi connectivity index (χ4n) is 1.48. The van der Waals surface area contributed by atoms with Gasteiger partial charge in [0.2, 0.25) is 0 Å². The summed E-state index contributed by atoms with van der Waals surface area (Å²) in [5.74, 6) is -2.46. The first-order valence-electron chi connectivity index (χ1n) is 5.38. The maximum absolute atomic E-state index is 12.7. The summed E-state index contributed by atoms with van der Waals surface area (Å²) in [6.45, 7) is 0. The third-order valence-corrected chi connectivity index (χ3v) is 2.40. The molecule has 0 spiro atoms. The highest BCUT2D eigenvalue weighted by atomic mass is 19.1. The van der Waals surface area contributed by atoms with E-state index in [0.717, 1.165) is 12.1 Å². The maximum Gasteiger partial charge on any atom is 0.343 e. The van der Waals surface area contributed by atoms with E-state index in [-0.39, 0.29) is 16.9 Å². The minimum atomic E-state index is -1.19. The Hall–Kier alpha value is -2.69. The molecule has 0 saturated carbocycles. The van der Waals surface area contributed by atoms with Crippen molar-refractivity contribution in [3.63, 3.8) is 0 Å². The van der Waals surface area contributed by atoms with E-state index in [1.165, 1.54) is 30.3 Å². The fourth-order valence-corrected chi connectivity index (χ4v) is 1.48. The lowest BCUT2D eigenvalue weighted by molar-refractivity contribution is 0.0681. The molecule has 96 valence electrons. The van der Waals surface area contributed by atoms with Crippen LogP contribution >= 0.6 is 0 Å². The van der Waals surface area contributed by atoms with E-state index in [9.17, 15) is 14.0 Å². The zero-order valence-corrected chi connectivity index (χ0v) is 9.67. The van der Waals surface area contributed by atoms with E-state index in [0.29, 0.717) is 0 Å². The number of esters is 1. The SMILES string of the molecule is O=C(Oc1ccccc1C(=O)O)c1ccc(F)cc1. The molecular formula is C14H9FO4. The summed E-state index contributed by atoms with van der Waals surface area (Å²) in [6.07, 6.45) is 0. The molecule has 4 nitrogen and oxygen atoms in total. The van der Waals surface area contributed by atoms with Gasteiger partial charge in [-0.3, -0.25) is 0 Å². The number of para-hydroxylation sites is 1. The van der Waals surface area contributed by atoms with E-state index < -0.39 is 17.8 Å². The van der Waals surface area contributed by atoms with Crippen LogP contribution < -0.4 is 4.74 Å². The molecule has 0 bridgehead atoms. The van der Waals surface area contributed by atoms with Gasteiger partial charge in [0.1, 0.15) is 17.1 Å². The maximum atomic E-state index is 12.7. The fraction of sp³-hybridized carbons (Fsp3) is 0. The number of carbonyl (C=O) groups is 2. The van der Waals surface area contributed by atoms with Gasteiger partial charge in [0, 0.05) is 0 Å². The van der Waals surface area contributed by atoms with Gasteiger partial charge in [-0.2, -0.15) is 0 Å². The number of carbonyl (C=O) groups excluding carboxylic acids is 1. The molecule has 0 radical (unpaired) electrons. The van der Waals surface area contributed by atoms with Crippen molar-refractivity contribution in [3.05, 3.63) is 65.5 Å². The molecule has 0 heterocycles. The highest BCUT2D eigenvalue weighted by Crippen LogP contribution is 2.19. The van der Waals surface area contributed by atoms with Gasteiger partial charge >= 0.3 is 11.9 Å². The third-order valence-electron chi connectivity index (χ3n) is 2.40. The normalized spacial score (nSPS) is 9.95. The summed E-state index contributed by atoms with van der Waals surface area (Å²) >= 11 is 0. The molecule has 0 saturated heterocycles. The second-order valence-corrected chi connectivity index (χ2v) is 3.70. The van der Waals surface area contributed by atoms with Crippen molar-refractivity contribution in [2.45, 2.75) is 0 Å². The summed E-state index contributed by atoms with van der Waals surface area (Å²) in [7, 11) is 0. The second-order valence-electron chi connectivity index (χ2n) is 3.70. The average Bonchev–Trinajstić information content (AvgIpc) is 2.39. The van der Waals surface area contributed by atoms with Gasteiger partial charge in [0.25, 0.3) is 0 Å². The van der Waals surface area contributed by atoms with Crippen LogP contribution in [0.5, 0.6) is 5.75 Å². The smallest absolute Gasteiger partial charge is 0.343 e. The Morgan fingerprint density at radius 2 is 1.63 bits per heavy atom. The predicted molar refractivity (Wildman–Crippen MR) is 64.8 cm³/mol. The summed E-state index contributed by atoms with van der Waals surface area (Å²) in [5.41, 5.74) is 0.0274. The Morgan fingerprint density at radius 1 is 1.00 bits per heavy atom. The molecule has 0 aliphatic carbocycles. The summed E-state index contributed by atoms with van der Waals surface area (Å²) in [4.78, 5) is 22.7. The number of hydrogen-bond donors (Lipinski definition) is 1. The standard InChI is InChI=1S/C14H9FO4/c15-10-7-5-9(6-8-10)14(18)19-12-4-2-1-3-11(12)13(16)17/h1-8H,(H,16,17). The van der Waals surface area contributed by atoms with Crippen LogP contribution in [-0.2, 0) is 0 Å². The number of carboxylic acid groups (broad SMARTS) is 1. The molecule has 5 heteroatoms. The van der Waals surface area contributed by atoms with E-state index >= 15 is 0 Å². The molecule has 0 unspecified atom stereocenters. The summed E-state index contributed by atoms with van der Waals surface area (Å²) in [6, 6.07) is 10.6. The zero-order valence-electron chi connectivity index (χ0n) is 9.67. The number of ether oxygens (including phenoxy) is 1. The summed E-state index contributed by atoms with van der Waals surface area (Å²) in [5, 5.41) is 8.94. The number of rotatable bonds is 3. The third kappa shape index (κ3) is 2.95. The minimum Gasteiger partial charge on any atom is -0.478 e. The van der Waals surface area contributed by atoms with Crippen LogP contribution in [0.4, 0.5) is 4.39 Å². The van der Waals surface area contributed by atoms with Crippen LogP contribution in [0.15, 0.2) is 48.5 Å². The van der Waals surface area contributed by atoms with Crippen molar-refractivity contribution in [3.8, 4) is 5.75 Å². The Bertz CT molecular complexity index is 620. The Labute approximate surface area is 108 Å². The largest absolute Gasteiger partial charge is 0.478 e. The lowest BCUT2D eigenvalue weighted by Gasteiger charge is -2.06. The van der Waals surface area contributed by atoms with Crippen LogP contribution in [-0.4, -0.2) is 17.0 Å². The molecule has 0 atom stereocenters. The molecule has 1 N–H and O–H groups in total. The lowest BCUT2D eigenvalue weighted by Crippen LogP contribution is -2.11. The van der Waals surface area contributed by atoms with Gasteiger partial charge in [-0.05, 0) is 36.4 Å². The van der Waals surface area contributed by atoms with Gasteiger partial charge in [-0.15, -0.1) is 0 Å². The Balaban J connectivity index is 2.24. The predicted octanol–water partition coefficient (Wildman–Crippen LogP) is 2.74. The minimum absolute atomic E-state index is 0.0516. The van der Waals surface area contributed by atoms with Crippen LogP contribution in [0.25, 0.3) is 0 Å². The van der Waals surface area contributed by atoms with Gasteiger partial charge in [0.15, 0.2) is 0 Å². The number of carboxylic acids is 1. The Kier molecular flexibility index (Phi) is 3.56. The van der Waals surface area contributed by atoms with Crippen LogP contribution in [0.3, 0.4) is 0 Å². The van der Waals surface area contributed by atoms with Crippen molar-refractivity contribution >= 4 is 11.9 Å². The molecule has 0 aromatic heterocycles. The van der Waals surface area contributed by atoms with E-state index in [1.54, 1.807) is 6.07 Å². The quantitative estimate of drug-likeness (QED) is 0.680. The molecule has 2 aromatic rings. The van der Waals surface area contributed by atoms with Crippen molar-refractivity contribution in [2.75, 3.05) is 0 Å². The first-order chi connectivity index (χ1) is 9.08. The molecule has 0 aliphatic rings.